The molecule has 0 fully saturated rings. The van der Waals surface area contributed by atoms with E-state index >= 15 is 0 Å². The molecular weight excluding hydrogens is 247 g/mol. The second kappa shape index (κ2) is 14.7. The summed E-state index contributed by atoms with van der Waals surface area (Å²) in [4.78, 5) is 0. The van der Waals surface area contributed by atoms with E-state index in [0.717, 1.165) is 6.42 Å². The van der Waals surface area contributed by atoms with Crippen molar-refractivity contribution in [2.45, 2.75) is 71.6 Å². The lowest BCUT2D eigenvalue weighted by atomic mass is 10.1. The maximum absolute atomic E-state index is 11.0. The molecule has 3 nitrogen and oxygen atoms in total. The van der Waals surface area contributed by atoms with Gasteiger partial charge in [0.25, 0.3) is 0 Å². The van der Waals surface area contributed by atoms with Gasteiger partial charge in [0.15, 0.2) is 0 Å². The molecule has 0 aliphatic carbocycles. The zero-order valence-corrected chi connectivity index (χ0v) is 12.8. The lowest BCUT2D eigenvalue weighted by Gasteiger charge is -1.99. The predicted octanol–water partition coefficient (Wildman–Crippen LogP) is 5.74. The molecule has 0 aromatic rings. The highest BCUT2D eigenvalue weighted by molar-refractivity contribution is 7.33. The van der Waals surface area contributed by atoms with E-state index in [1.165, 1.54) is 57.6 Å². The first-order valence-corrected chi connectivity index (χ1v) is 8.32. The van der Waals surface area contributed by atoms with E-state index in [9.17, 15) is 4.57 Å². The predicted molar refractivity (Wildman–Crippen MR) is 76.7 cm³/mol. The molecule has 0 saturated carbocycles. The fraction of sp³-hybridized carbons (Fsp3) is 0.857. The van der Waals surface area contributed by atoms with Crippen molar-refractivity contribution in [3.8, 4) is 0 Å². The highest BCUT2D eigenvalue weighted by Crippen LogP contribution is 2.23. The summed E-state index contributed by atoms with van der Waals surface area (Å²) in [5, 5.41) is 0. The Labute approximate surface area is 113 Å². The van der Waals surface area contributed by atoms with Crippen molar-refractivity contribution >= 4 is 8.25 Å². The second-order valence-electron chi connectivity index (χ2n) is 4.38. The van der Waals surface area contributed by atoms with Gasteiger partial charge >= 0.3 is 8.25 Å². The lowest BCUT2D eigenvalue weighted by Crippen LogP contribution is -1.80. The van der Waals surface area contributed by atoms with Crippen molar-refractivity contribution in [2.24, 2.45) is 0 Å². The van der Waals surface area contributed by atoms with Crippen LogP contribution in [0.2, 0.25) is 0 Å². The van der Waals surface area contributed by atoms with Crippen molar-refractivity contribution in [1.29, 1.82) is 0 Å². The fourth-order valence-electron chi connectivity index (χ4n) is 1.69. The van der Waals surface area contributed by atoms with Gasteiger partial charge in [-0.25, -0.2) is 4.52 Å². The van der Waals surface area contributed by atoms with Gasteiger partial charge in [0.1, 0.15) is 12.9 Å². The van der Waals surface area contributed by atoms with Gasteiger partial charge in [0.2, 0.25) is 0 Å². The molecule has 0 aromatic carbocycles. The molecule has 0 heterocycles. The van der Waals surface area contributed by atoms with Gasteiger partial charge in [-0.1, -0.05) is 51.9 Å². The maximum Gasteiger partial charge on any atom is 0.749 e. The number of allylic oxidation sites excluding steroid dienone is 1. The van der Waals surface area contributed by atoms with Gasteiger partial charge in [-0.15, -0.1) is 4.52 Å². The van der Waals surface area contributed by atoms with Crippen LogP contribution in [0, 0.1) is 0 Å². The smallest absolute Gasteiger partial charge is 0.238 e. The van der Waals surface area contributed by atoms with Crippen molar-refractivity contribution in [1.82, 2.24) is 0 Å². The second-order valence-corrected chi connectivity index (χ2v) is 5.30. The third-order valence-corrected chi connectivity index (χ3v) is 3.46. The molecule has 106 valence electrons. The van der Waals surface area contributed by atoms with E-state index in [1.54, 1.807) is 6.92 Å². The molecule has 0 aliphatic heterocycles. The number of hydrogen-bond donors (Lipinski definition) is 0. The highest BCUT2D eigenvalue weighted by Gasteiger charge is 2.16. The van der Waals surface area contributed by atoms with E-state index in [-0.39, 0.29) is 0 Å². The summed E-state index contributed by atoms with van der Waals surface area (Å²) in [7, 11) is -1.95. The Morgan fingerprint density at radius 1 is 0.944 bits per heavy atom. The number of unbranched alkanes of at least 4 members (excludes halogenated alkanes) is 8. The normalized spacial score (nSPS) is 12.0. The van der Waals surface area contributed by atoms with Crippen LogP contribution in [0.3, 0.4) is 0 Å². The van der Waals surface area contributed by atoms with Crippen LogP contribution in [0.25, 0.3) is 0 Å². The van der Waals surface area contributed by atoms with Crippen LogP contribution < -0.4 is 0 Å². The monoisotopic (exact) mass is 275 g/mol. The Morgan fingerprint density at radius 3 is 2.17 bits per heavy atom. The van der Waals surface area contributed by atoms with Crippen molar-refractivity contribution in [3.05, 3.63) is 12.3 Å². The van der Waals surface area contributed by atoms with Gasteiger partial charge in [-0.3, -0.25) is 0 Å². The summed E-state index contributed by atoms with van der Waals surface area (Å²) in [5.41, 5.74) is 0. The van der Waals surface area contributed by atoms with Gasteiger partial charge in [0, 0.05) is 4.57 Å². The Morgan fingerprint density at radius 2 is 1.56 bits per heavy atom. The molecule has 0 radical (unpaired) electrons. The van der Waals surface area contributed by atoms with E-state index in [1.807, 2.05) is 6.08 Å². The number of rotatable bonds is 13. The average molecular weight is 275 g/mol. The molecule has 0 saturated heterocycles. The van der Waals surface area contributed by atoms with Crippen LogP contribution in [0.5, 0.6) is 0 Å². The third kappa shape index (κ3) is 13.7. The SMILES string of the molecule is CCCCCCCCCCC=CO[P+](=O)OCC. The minimum absolute atomic E-state index is 0.418. The van der Waals surface area contributed by atoms with E-state index < -0.39 is 8.25 Å². The molecule has 0 amide bonds. The average Bonchev–Trinajstić information content (AvgIpc) is 2.36. The molecule has 0 bridgehead atoms. The van der Waals surface area contributed by atoms with Crippen LogP contribution in [0.1, 0.15) is 71.6 Å². The quantitative estimate of drug-likeness (QED) is 0.244. The molecule has 18 heavy (non-hydrogen) atoms. The Hall–Kier alpha value is -0.400. The molecule has 0 spiro atoms. The highest BCUT2D eigenvalue weighted by atomic mass is 31.1. The summed E-state index contributed by atoms with van der Waals surface area (Å²) < 4.78 is 20.6. The first kappa shape index (κ1) is 17.6. The Bertz CT molecular complexity index is 217. The van der Waals surface area contributed by atoms with Crippen molar-refractivity contribution in [3.63, 3.8) is 0 Å². The molecule has 4 heteroatoms. The minimum atomic E-state index is -1.95. The molecule has 0 N–H and O–H groups in total. The standard InChI is InChI=1S/C14H28O3P/c1-3-5-6-7-8-9-10-11-12-13-14-17-18(15)16-4-2/h13-14H,3-12H2,1-2H3/q+1. The van der Waals surface area contributed by atoms with Crippen LogP contribution in [-0.2, 0) is 13.6 Å². The molecule has 1 unspecified atom stereocenters. The van der Waals surface area contributed by atoms with Gasteiger partial charge in [0.05, 0.1) is 0 Å². The zero-order valence-electron chi connectivity index (χ0n) is 11.9. The first-order valence-electron chi connectivity index (χ1n) is 7.23. The van der Waals surface area contributed by atoms with Crippen molar-refractivity contribution < 1.29 is 13.6 Å². The van der Waals surface area contributed by atoms with E-state index in [4.69, 9.17) is 9.05 Å². The minimum Gasteiger partial charge on any atom is -0.238 e. The molecule has 0 aromatic heterocycles. The van der Waals surface area contributed by atoms with E-state index in [2.05, 4.69) is 6.92 Å². The van der Waals surface area contributed by atoms with Crippen molar-refractivity contribution in [2.75, 3.05) is 6.61 Å². The topological polar surface area (TPSA) is 35.5 Å². The zero-order chi connectivity index (χ0) is 13.5. The first-order chi connectivity index (χ1) is 8.81. The summed E-state index contributed by atoms with van der Waals surface area (Å²) >= 11 is 0. The van der Waals surface area contributed by atoms with E-state index in [0.29, 0.717) is 6.61 Å². The molecule has 1 atom stereocenters. The summed E-state index contributed by atoms with van der Waals surface area (Å²) in [6, 6.07) is 0. The van der Waals surface area contributed by atoms with Gasteiger partial charge in [-0.2, -0.15) is 0 Å². The maximum atomic E-state index is 11.0. The van der Waals surface area contributed by atoms with Gasteiger partial charge < -0.3 is 0 Å². The molecular formula is C14H28O3P+. The fourth-order valence-corrected chi connectivity index (χ4v) is 2.15. The van der Waals surface area contributed by atoms with Crippen LogP contribution in [-0.4, -0.2) is 6.61 Å². The molecule has 0 aliphatic rings. The third-order valence-electron chi connectivity index (χ3n) is 2.70. The summed E-state index contributed by atoms with van der Waals surface area (Å²) in [5.74, 6) is 0. The Balaban J connectivity index is 3.15. The number of hydrogen-bond acceptors (Lipinski definition) is 3. The van der Waals surface area contributed by atoms with Gasteiger partial charge in [-0.05, 0) is 25.8 Å². The molecule has 0 rings (SSSR count). The Kier molecular flexibility index (Phi) is 14.3. The van der Waals surface area contributed by atoms with Crippen LogP contribution in [0.4, 0.5) is 0 Å². The summed E-state index contributed by atoms with van der Waals surface area (Å²) in [6.45, 7) is 4.45. The lowest BCUT2D eigenvalue weighted by molar-refractivity contribution is 0.285. The van der Waals surface area contributed by atoms with Crippen LogP contribution >= 0.6 is 8.25 Å². The van der Waals surface area contributed by atoms with Crippen LogP contribution in [0.15, 0.2) is 12.3 Å². The summed E-state index contributed by atoms with van der Waals surface area (Å²) in [6.07, 6.45) is 15.0. The largest absolute Gasteiger partial charge is 0.749 e.